The highest BCUT2D eigenvalue weighted by molar-refractivity contribution is 5.73. The van der Waals surface area contributed by atoms with E-state index in [1.165, 1.54) is 0 Å². The van der Waals surface area contributed by atoms with Crippen LogP contribution in [0.4, 0.5) is 9.18 Å². The molecule has 118 valence electrons. The molecule has 1 aromatic heterocycles. The standard InChI is InChI=1S/C16H19FN2O3/c1-2-3-4-15-19-13-6-5-11(8-14(13)22-15)7-12(9-17)10-18-16(20)21/h5-6,8-9,18H,2-4,7,10H2,1H3,(H,20,21)/b12-9-. The van der Waals surface area contributed by atoms with E-state index in [1.54, 1.807) is 0 Å². The van der Waals surface area contributed by atoms with Crippen LogP contribution in [0, 0.1) is 0 Å². The van der Waals surface area contributed by atoms with Crippen molar-refractivity contribution in [2.24, 2.45) is 0 Å². The molecule has 0 spiro atoms. The molecule has 2 N–H and O–H groups in total. The molecule has 0 saturated heterocycles. The van der Waals surface area contributed by atoms with E-state index in [1.807, 2.05) is 18.2 Å². The highest BCUT2D eigenvalue weighted by Gasteiger charge is 2.08. The SMILES string of the molecule is CCCCc1nc2ccc(C/C(=C/F)CNC(=O)O)cc2o1. The van der Waals surface area contributed by atoms with Crippen molar-refractivity contribution in [2.75, 3.05) is 6.54 Å². The largest absolute Gasteiger partial charge is 0.465 e. The fourth-order valence-corrected chi connectivity index (χ4v) is 2.15. The van der Waals surface area contributed by atoms with Crippen LogP contribution in [0.5, 0.6) is 0 Å². The molecule has 0 fully saturated rings. The number of unbranched alkanes of at least 4 members (excludes halogenated alkanes) is 1. The van der Waals surface area contributed by atoms with E-state index < -0.39 is 6.09 Å². The number of fused-ring (bicyclic) bond motifs is 1. The number of hydrogen-bond acceptors (Lipinski definition) is 3. The molecule has 0 aliphatic carbocycles. The Balaban J connectivity index is 2.09. The van der Waals surface area contributed by atoms with Gasteiger partial charge >= 0.3 is 6.09 Å². The van der Waals surface area contributed by atoms with Crippen LogP contribution in [0.3, 0.4) is 0 Å². The number of rotatable bonds is 7. The molecule has 0 bridgehead atoms. The maximum atomic E-state index is 12.8. The second kappa shape index (κ2) is 7.59. The van der Waals surface area contributed by atoms with Gasteiger partial charge in [-0.3, -0.25) is 0 Å². The van der Waals surface area contributed by atoms with Crippen LogP contribution in [0.15, 0.2) is 34.5 Å². The van der Waals surface area contributed by atoms with Crippen molar-refractivity contribution in [2.45, 2.75) is 32.6 Å². The first-order valence-electron chi connectivity index (χ1n) is 7.25. The number of halogens is 1. The van der Waals surface area contributed by atoms with Crippen molar-refractivity contribution in [3.63, 3.8) is 0 Å². The van der Waals surface area contributed by atoms with E-state index >= 15 is 0 Å². The third-order valence-corrected chi connectivity index (χ3v) is 3.29. The first-order chi connectivity index (χ1) is 10.6. The Morgan fingerprint density at radius 1 is 1.50 bits per heavy atom. The molecule has 6 heteroatoms. The lowest BCUT2D eigenvalue weighted by atomic mass is 10.1. The summed E-state index contributed by atoms with van der Waals surface area (Å²) >= 11 is 0. The number of aromatic nitrogens is 1. The summed E-state index contributed by atoms with van der Waals surface area (Å²) < 4.78 is 18.5. The Bertz CT molecular complexity index is 679. The quantitative estimate of drug-likeness (QED) is 0.815. The second-order valence-corrected chi connectivity index (χ2v) is 5.12. The van der Waals surface area contributed by atoms with Crippen molar-refractivity contribution in [3.05, 3.63) is 41.6 Å². The highest BCUT2D eigenvalue weighted by Crippen LogP contribution is 2.20. The van der Waals surface area contributed by atoms with Crippen molar-refractivity contribution >= 4 is 17.2 Å². The highest BCUT2D eigenvalue weighted by atomic mass is 19.1. The second-order valence-electron chi connectivity index (χ2n) is 5.12. The monoisotopic (exact) mass is 306 g/mol. The predicted molar refractivity (Wildman–Crippen MR) is 81.5 cm³/mol. The molecule has 1 heterocycles. The Hall–Kier alpha value is -2.37. The molecule has 0 unspecified atom stereocenters. The van der Waals surface area contributed by atoms with Gasteiger partial charge in [0.1, 0.15) is 5.52 Å². The number of amides is 1. The zero-order valence-corrected chi connectivity index (χ0v) is 12.4. The molecule has 0 saturated carbocycles. The van der Waals surface area contributed by atoms with Gasteiger partial charge in [0.2, 0.25) is 0 Å². The average Bonchev–Trinajstić information content (AvgIpc) is 2.91. The molecule has 2 aromatic rings. The fourth-order valence-electron chi connectivity index (χ4n) is 2.15. The molecule has 2 rings (SSSR count). The molecule has 1 aromatic carbocycles. The van der Waals surface area contributed by atoms with E-state index in [2.05, 4.69) is 17.2 Å². The Labute approximate surface area is 127 Å². The molecular weight excluding hydrogens is 287 g/mol. The van der Waals surface area contributed by atoms with Crippen LogP contribution in [-0.4, -0.2) is 22.7 Å². The number of benzene rings is 1. The molecule has 0 atom stereocenters. The maximum Gasteiger partial charge on any atom is 0.404 e. The minimum Gasteiger partial charge on any atom is -0.465 e. The van der Waals surface area contributed by atoms with Crippen LogP contribution < -0.4 is 5.32 Å². The van der Waals surface area contributed by atoms with E-state index in [0.29, 0.717) is 29.8 Å². The third kappa shape index (κ3) is 4.31. The summed E-state index contributed by atoms with van der Waals surface area (Å²) in [6.07, 6.45) is 2.48. The number of hydrogen-bond donors (Lipinski definition) is 2. The summed E-state index contributed by atoms with van der Waals surface area (Å²) in [4.78, 5) is 14.9. The van der Waals surface area contributed by atoms with Gasteiger partial charge in [-0.15, -0.1) is 0 Å². The van der Waals surface area contributed by atoms with E-state index in [-0.39, 0.29) is 6.54 Å². The minimum absolute atomic E-state index is 0.0397. The summed E-state index contributed by atoms with van der Waals surface area (Å²) in [7, 11) is 0. The molecule has 0 aliphatic rings. The topological polar surface area (TPSA) is 75.4 Å². The molecule has 22 heavy (non-hydrogen) atoms. The fraction of sp³-hybridized carbons (Fsp3) is 0.375. The number of nitrogens with zero attached hydrogens (tertiary/aromatic N) is 1. The van der Waals surface area contributed by atoms with Crippen LogP contribution in [-0.2, 0) is 12.8 Å². The summed E-state index contributed by atoms with van der Waals surface area (Å²) in [5.41, 5.74) is 2.66. The number of carboxylic acid groups (broad SMARTS) is 1. The molecule has 0 radical (unpaired) electrons. The van der Waals surface area contributed by atoms with Gasteiger partial charge in [-0.25, -0.2) is 14.2 Å². The Kier molecular flexibility index (Phi) is 5.52. The van der Waals surface area contributed by atoms with Crippen molar-refractivity contribution in [3.8, 4) is 0 Å². The van der Waals surface area contributed by atoms with Crippen LogP contribution in [0.2, 0.25) is 0 Å². The zero-order valence-electron chi connectivity index (χ0n) is 12.4. The molecule has 1 amide bonds. The van der Waals surface area contributed by atoms with E-state index in [0.717, 1.165) is 30.3 Å². The maximum absolute atomic E-state index is 12.8. The van der Waals surface area contributed by atoms with Gasteiger partial charge in [0.05, 0.1) is 6.33 Å². The van der Waals surface area contributed by atoms with Gasteiger partial charge in [0.25, 0.3) is 0 Å². The van der Waals surface area contributed by atoms with E-state index in [4.69, 9.17) is 9.52 Å². The number of oxazole rings is 1. The summed E-state index contributed by atoms with van der Waals surface area (Å²) in [5.74, 6) is 0.711. The summed E-state index contributed by atoms with van der Waals surface area (Å²) in [6, 6.07) is 5.50. The van der Waals surface area contributed by atoms with Gasteiger partial charge in [-0.2, -0.15) is 0 Å². The molecular formula is C16H19FN2O3. The van der Waals surface area contributed by atoms with Gasteiger partial charge in [0, 0.05) is 13.0 Å². The summed E-state index contributed by atoms with van der Waals surface area (Å²) in [5, 5.41) is 10.7. The lowest BCUT2D eigenvalue weighted by molar-refractivity contribution is 0.195. The number of carbonyl (C=O) groups is 1. The smallest absolute Gasteiger partial charge is 0.404 e. The normalized spacial score (nSPS) is 11.8. The number of nitrogens with one attached hydrogen (secondary N) is 1. The van der Waals surface area contributed by atoms with Crippen molar-refractivity contribution < 1.29 is 18.7 Å². The van der Waals surface area contributed by atoms with Crippen LogP contribution in [0.1, 0.15) is 31.2 Å². The molecule has 5 nitrogen and oxygen atoms in total. The van der Waals surface area contributed by atoms with Crippen molar-refractivity contribution in [1.29, 1.82) is 0 Å². The molecule has 0 aliphatic heterocycles. The first kappa shape index (κ1) is 16.0. The minimum atomic E-state index is -1.18. The Morgan fingerprint density at radius 3 is 3.00 bits per heavy atom. The average molecular weight is 306 g/mol. The van der Waals surface area contributed by atoms with Crippen molar-refractivity contribution in [1.82, 2.24) is 10.3 Å². The lowest BCUT2D eigenvalue weighted by Crippen LogP contribution is -2.23. The van der Waals surface area contributed by atoms with Crippen LogP contribution >= 0.6 is 0 Å². The summed E-state index contributed by atoms with van der Waals surface area (Å²) in [6.45, 7) is 2.07. The number of aryl methyl sites for hydroxylation is 1. The van der Waals surface area contributed by atoms with Gasteiger partial charge in [-0.1, -0.05) is 19.4 Å². The zero-order chi connectivity index (χ0) is 15.9. The Morgan fingerprint density at radius 2 is 2.32 bits per heavy atom. The first-order valence-corrected chi connectivity index (χ1v) is 7.25. The predicted octanol–water partition coefficient (Wildman–Crippen LogP) is 3.83. The van der Waals surface area contributed by atoms with E-state index in [9.17, 15) is 9.18 Å². The third-order valence-electron chi connectivity index (χ3n) is 3.29. The van der Waals surface area contributed by atoms with Gasteiger partial charge in [-0.05, 0) is 36.1 Å². The van der Waals surface area contributed by atoms with Crippen LogP contribution in [0.25, 0.3) is 11.1 Å². The van der Waals surface area contributed by atoms with Gasteiger partial charge in [0.15, 0.2) is 11.5 Å². The lowest BCUT2D eigenvalue weighted by Gasteiger charge is -2.05. The van der Waals surface area contributed by atoms with Gasteiger partial charge < -0.3 is 14.8 Å².